The molecule has 0 aliphatic heterocycles. The Kier molecular flexibility index (Phi) is 2.80. The van der Waals surface area contributed by atoms with E-state index in [4.69, 9.17) is 15.5 Å². The second-order valence-electron chi connectivity index (χ2n) is 0.969. The van der Waals surface area contributed by atoms with Crippen molar-refractivity contribution in [3.63, 3.8) is 0 Å². The summed E-state index contributed by atoms with van der Waals surface area (Å²) in [7, 11) is -1.77. The van der Waals surface area contributed by atoms with Crippen LogP contribution in [0.4, 0.5) is 0 Å². The molecular formula is C2H3N3O3S. The highest BCUT2D eigenvalue weighted by Crippen LogP contribution is 1.97. The number of rotatable bonds is 0. The van der Waals surface area contributed by atoms with Crippen LogP contribution in [0.5, 0.6) is 0 Å². The predicted molar refractivity (Wildman–Crippen MR) is 32.0 cm³/mol. The van der Waals surface area contributed by atoms with Gasteiger partial charge in [0.25, 0.3) is 0 Å². The van der Waals surface area contributed by atoms with Gasteiger partial charge in [0.1, 0.15) is 5.40 Å². The van der Waals surface area contributed by atoms with Gasteiger partial charge in [0.15, 0.2) is 0 Å². The van der Waals surface area contributed by atoms with E-state index in [2.05, 4.69) is 0 Å². The number of aliphatic hydroxyl groups is 1. The maximum atomic E-state index is 9.59. The maximum Gasteiger partial charge on any atom is 0.433 e. The summed E-state index contributed by atoms with van der Waals surface area (Å²) < 4.78 is 0. The second kappa shape index (κ2) is 3.13. The first-order valence-corrected chi connectivity index (χ1v) is 2.97. The molecular weight excluding hydrogens is 146 g/mol. The monoisotopic (exact) mass is 149 g/mol. The van der Waals surface area contributed by atoms with Gasteiger partial charge in [0, 0.05) is 0 Å². The molecule has 3 N–H and O–H groups in total. The Balaban J connectivity index is 4.54. The zero-order valence-corrected chi connectivity index (χ0v) is 4.96. The third-order valence-electron chi connectivity index (χ3n) is 0.451. The normalized spacial score (nSPS) is 13.7. The standard InChI is InChI=1S/C2H3N3O3S/c3-1-9(4)2(6)5(7)8/h6H,4H2. The molecule has 0 aromatic heterocycles. The minimum absolute atomic E-state index is 1.09. The van der Waals surface area contributed by atoms with Crippen molar-refractivity contribution < 1.29 is 10.0 Å². The number of nitrogens with zero attached hydrogens (tertiary/aromatic N) is 2. The molecule has 7 heteroatoms. The fourth-order valence-electron chi connectivity index (χ4n) is 0.121. The van der Waals surface area contributed by atoms with E-state index in [1.54, 1.807) is 0 Å². The third kappa shape index (κ3) is 2.18. The van der Waals surface area contributed by atoms with Crippen LogP contribution < -0.4 is 5.14 Å². The van der Waals surface area contributed by atoms with Gasteiger partial charge in [0.05, 0.1) is 15.6 Å². The molecule has 9 heavy (non-hydrogen) atoms. The van der Waals surface area contributed by atoms with Crippen molar-refractivity contribution in [3.05, 3.63) is 10.1 Å². The van der Waals surface area contributed by atoms with Gasteiger partial charge < -0.3 is 0 Å². The first-order valence-electron chi connectivity index (χ1n) is 1.68. The van der Waals surface area contributed by atoms with E-state index < -0.39 is 20.8 Å². The van der Waals surface area contributed by atoms with Gasteiger partial charge in [0.2, 0.25) is 0 Å². The molecule has 0 aliphatic carbocycles. The van der Waals surface area contributed by atoms with Crippen LogP contribution in [0.1, 0.15) is 0 Å². The molecule has 1 atom stereocenters. The number of hydrogen-bond acceptors (Lipinski definition) is 4. The Morgan fingerprint density at radius 2 is 2.44 bits per heavy atom. The average Bonchev–Trinajstić information content (AvgIpc) is 1.84. The maximum absolute atomic E-state index is 9.59. The lowest BCUT2D eigenvalue weighted by Crippen LogP contribution is -2.12. The Morgan fingerprint density at radius 3 is 2.56 bits per heavy atom. The highest BCUT2D eigenvalue weighted by Gasteiger charge is 2.09. The summed E-state index contributed by atoms with van der Waals surface area (Å²) >= 11 is 0. The quantitative estimate of drug-likeness (QED) is 0.209. The molecule has 6 nitrogen and oxygen atoms in total. The number of nitrogens with two attached hydrogens (primary N) is 1. The summed E-state index contributed by atoms with van der Waals surface area (Å²) in [4.78, 5) is 8.50. The Labute approximate surface area is 52.7 Å². The van der Waals surface area contributed by atoms with E-state index in [0.717, 1.165) is 0 Å². The Hall–Kier alpha value is -0.970. The van der Waals surface area contributed by atoms with Gasteiger partial charge in [-0.05, 0) is 0 Å². The predicted octanol–water partition coefficient (Wildman–Crippen LogP) is -0.468. The van der Waals surface area contributed by atoms with Gasteiger partial charge in [-0.3, -0.25) is 20.4 Å². The van der Waals surface area contributed by atoms with E-state index in [1.165, 1.54) is 5.40 Å². The van der Waals surface area contributed by atoms with Crippen molar-refractivity contribution in [2.45, 2.75) is 0 Å². The van der Waals surface area contributed by atoms with E-state index >= 15 is 0 Å². The van der Waals surface area contributed by atoms with Crippen LogP contribution >= 0.6 is 10.7 Å². The summed E-state index contributed by atoms with van der Waals surface area (Å²) in [5.41, 5.74) is 0. The molecule has 0 bridgehead atoms. The van der Waals surface area contributed by atoms with Crippen LogP contribution in [0.2, 0.25) is 0 Å². The number of nitriles is 1. The fourth-order valence-corrected chi connectivity index (χ4v) is 0.363. The van der Waals surface area contributed by atoms with Crippen LogP contribution in [0.25, 0.3) is 0 Å². The van der Waals surface area contributed by atoms with Gasteiger partial charge in [-0.2, -0.15) is 5.26 Å². The van der Waals surface area contributed by atoms with Crippen molar-refractivity contribution in [1.82, 2.24) is 0 Å². The van der Waals surface area contributed by atoms with Crippen molar-refractivity contribution in [1.29, 1.82) is 5.26 Å². The van der Waals surface area contributed by atoms with Gasteiger partial charge in [-0.1, -0.05) is 0 Å². The lowest BCUT2D eigenvalue weighted by atomic mass is 11.3. The van der Waals surface area contributed by atoms with Crippen molar-refractivity contribution in [2.75, 3.05) is 0 Å². The van der Waals surface area contributed by atoms with E-state index in [9.17, 15) is 10.1 Å². The summed E-state index contributed by atoms with van der Waals surface area (Å²) in [5, 5.41) is 30.7. The molecule has 0 aliphatic rings. The molecule has 0 saturated carbocycles. The van der Waals surface area contributed by atoms with Crippen molar-refractivity contribution in [2.24, 2.45) is 5.14 Å². The van der Waals surface area contributed by atoms with Crippen LogP contribution in [0, 0.1) is 20.8 Å². The molecule has 0 radical (unpaired) electrons. The van der Waals surface area contributed by atoms with Crippen LogP contribution in [0.3, 0.4) is 0 Å². The average molecular weight is 149 g/mol. The molecule has 0 saturated heterocycles. The van der Waals surface area contributed by atoms with E-state index in [1.807, 2.05) is 0 Å². The van der Waals surface area contributed by atoms with E-state index in [0.29, 0.717) is 0 Å². The molecule has 50 valence electrons. The topological polar surface area (TPSA) is 113 Å². The summed E-state index contributed by atoms with van der Waals surface area (Å²) in [6.07, 6.45) is 0. The zero-order valence-electron chi connectivity index (χ0n) is 4.14. The molecule has 0 aromatic carbocycles. The number of nitro groups is 1. The van der Waals surface area contributed by atoms with Crippen molar-refractivity contribution in [3.8, 4) is 5.40 Å². The lowest BCUT2D eigenvalue weighted by molar-refractivity contribution is -0.365. The third-order valence-corrected chi connectivity index (χ3v) is 1.19. The zero-order chi connectivity index (χ0) is 7.44. The second-order valence-corrected chi connectivity index (χ2v) is 2.19. The summed E-state index contributed by atoms with van der Waals surface area (Å²) in [6, 6.07) is 0. The number of aliphatic hydroxyl groups excluding tert-OH is 1. The fraction of sp³-hybridized carbons (Fsp3) is 0. The van der Waals surface area contributed by atoms with Crippen LogP contribution in [-0.4, -0.2) is 15.2 Å². The van der Waals surface area contributed by atoms with Gasteiger partial charge in [-0.15, -0.1) is 0 Å². The lowest BCUT2D eigenvalue weighted by Gasteiger charge is -1.85. The van der Waals surface area contributed by atoms with E-state index in [-0.39, 0.29) is 0 Å². The highest BCUT2D eigenvalue weighted by molar-refractivity contribution is 8.17. The summed E-state index contributed by atoms with van der Waals surface area (Å²) in [6.45, 7) is 0. The SMILES string of the molecule is N#CS(N)=C(O)[N+](=O)[O-]. The largest absolute Gasteiger partial charge is 0.433 e. The molecule has 0 rings (SSSR count). The van der Waals surface area contributed by atoms with Crippen LogP contribution in [-0.2, 0) is 0 Å². The first-order chi connectivity index (χ1) is 4.09. The smallest absolute Gasteiger partial charge is 0.298 e. The van der Waals surface area contributed by atoms with Crippen LogP contribution in [0.15, 0.2) is 0 Å². The van der Waals surface area contributed by atoms with Crippen molar-refractivity contribution >= 4 is 15.8 Å². The molecule has 0 spiro atoms. The minimum atomic E-state index is -1.77. The van der Waals surface area contributed by atoms with Gasteiger partial charge >= 0.3 is 5.17 Å². The molecule has 0 fully saturated rings. The first kappa shape index (κ1) is 8.03. The number of thiocyanates is 1. The Bertz CT molecular complexity index is 204. The highest BCUT2D eigenvalue weighted by atomic mass is 32.2. The molecule has 0 heterocycles. The molecule has 1 unspecified atom stereocenters. The molecule has 0 aromatic rings. The molecule has 0 amide bonds. The number of hydrogen-bond donors (Lipinski definition) is 2. The summed E-state index contributed by atoms with van der Waals surface area (Å²) in [5.74, 6) is 0. The Morgan fingerprint density at radius 1 is 2.00 bits per heavy atom. The van der Waals surface area contributed by atoms with Gasteiger partial charge in [-0.25, -0.2) is 0 Å². The minimum Gasteiger partial charge on any atom is -0.298 e.